The number of carbonyl (C=O) groups is 2. The predicted molar refractivity (Wildman–Crippen MR) is 73.6 cm³/mol. The number of piperazine rings is 1. The molecule has 7 heteroatoms. The quantitative estimate of drug-likeness (QED) is 0.655. The number of amides is 2. The molecule has 4 N–H and O–H groups in total. The lowest BCUT2D eigenvalue weighted by atomic mass is 10.2. The second kappa shape index (κ2) is 6.65. The van der Waals surface area contributed by atoms with Gasteiger partial charge in [-0.2, -0.15) is 0 Å². The van der Waals surface area contributed by atoms with E-state index in [0.717, 1.165) is 11.4 Å². The van der Waals surface area contributed by atoms with Crippen molar-refractivity contribution in [1.29, 1.82) is 0 Å². The number of hydrogen-bond acceptors (Lipinski definition) is 5. The van der Waals surface area contributed by atoms with Crippen LogP contribution in [0.2, 0.25) is 0 Å². The maximum absolute atomic E-state index is 11.9. The first-order valence-electron chi connectivity index (χ1n) is 6.20. The van der Waals surface area contributed by atoms with E-state index < -0.39 is 11.9 Å². The average molecular weight is 282 g/mol. The molecule has 0 radical (unpaired) electrons. The van der Waals surface area contributed by atoms with E-state index in [1.54, 1.807) is 11.3 Å². The van der Waals surface area contributed by atoms with Gasteiger partial charge in [0, 0.05) is 24.5 Å². The molecular weight excluding hydrogens is 264 g/mol. The molecule has 1 aromatic rings. The molecule has 1 aromatic heterocycles. The zero-order chi connectivity index (χ0) is 13.7. The van der Waals surface area contributed by atoms with E-state index in [9.17, 15) is 9.59 Å². The smallest absolute Gasteiger partial charge is 0.236 e. The molecular formula is C12H18N4O2S. The monoisotopic (exact) mass is 282 g/mol. The SMILES string of the molecule is NC(=O)C1CNCCN1CC(=O)NCc1cccs1. The third-order valence-electron chi connectivity index (χ3n) is 3.07. The fourth-order valence-electron chi connectivity index (χ4n) is 2.06. The average Bonchev–Trinajstić information content (AvgIpc) is 2.90. The normalized spacial score (nSPS) is 20.1. The molecule has 0 aliphatic carbocycles. The molecule has 1 fully saturated rings. The van der Waals surface area contributed by atoms with Crippen molar-refractivity contribution in [3.8, 4) is 0 Å². The highest BCUT2D eigenvalue weighted by Gasteiger charge is 2.27. The highest BCUT2D eigenvalue weighted by atomic mass is 32.1. The molecule has 0 spiro atoms. The zero-order valence-corrected chi connectivity index (χ0v) is 11.4. The Hall–Kier alpha value is -1.44. The lowest BCUT2D eigenvalue weighted by Gasteiger charge is -2.33. The van der Waals surface area contributed by atoms with Crippen molar-refractivity contribution in [3.63, 3.8) is 0 Å². The molecule has 1 saturated heterocycles. The summed E-state index contributed by atoms with van der Waals surface area (Å²) in [4.78, 5) is 26.1. The Morgan fingerprint density at radius 3 is 3.11 bits per heavy atom. The highest BCUT2D eigenvalue weighted by molar-refractivity contribution is 7.09. The van der Waals surface area contributed by atoms with E-state index in [-0.39, 0.29) is 12.5 Å². The van der Waals surface area contributed by atoms with Crippen LogP contribution in [0.25, 0.3) is 0 Å². The Labute approximate surface area is 116 Å². The first-order chi connectivity index (χ1) is 9.16. The molecule has 6 nitrogen and oxygen atoms in total. The molecule has 1 unspecified atom stereocenters. The number of primary amides is 1. The van der Waals surface area contributed by atoms with Crippen LogP contribution in [0.5, 0.6) is 0 Å². The van der Waals surface area contributed by atoms with E-state index in [0.29, 0.717) is 19.6 Å². The largest absolute Gasteiger partial charge is 0.368 e. The standard InChI is InChI=1S/C12H18N4O2S/c13-12(18)10-7-14-3-4-16(10)8-11(17)15-6-9-2-1-5-19-9/h1-2,5,10,14H,3-4,6-8H2,(H2,13,18)(H,15,17). The molecule has 2 amide bonds. The molecule has 2 heterocycles. The predicted octanol–water partition coefficient (Wildman–Crippen LogP) is -0.877. The summed E-state index contributed by atoms with van der Waals surface area (Å²) in [6.07, 6.45) is 0. The Balaban J connectivity index is 1.81. The van der Waals surface area contributed by atoms with Gasteiger partial charge in [-0.15, -0.1) is 11.3 Å². The Morgan fingerprint density at radius 1 is 1.58 bits per heavy atom. The molecule has 1 aliphatic heterocycles. The van der Waals surface area contributed by atoms with Crippen LogP contribution < -0.4 is 16.4 Å². The summed E-state index contributed by atoms with van der Waals surface area (Å²) in [5, 5.41) is 7.92. The fourth-order valence-corrected chi connectivity index (χ4v) is 2.70. The van der Waals surface area contributed by atoms with Gasteiger partial charge in [0.15, 0.2) is 0 Å². The number of nitrogens with one attached hydrogen (secondary N) is 2. The van der Waals surface area contributed by atoms with Crippen LogP contribution in [0.15, 0.2) is 17.5 Å². The third-order valence-corrected chi connectivity index (χ3v) is 3.95. The van der Waals surface area contributed by atoms with Crippen LogP contribution in [0.3, 0.4) is 0 Å². The van der Waals surface area contributed by atoms with Crippen LogP contribution in [0.4, 0.5) is 0 Å². The van der Waals surface area contributed by atoms with E-state index in [1.807, 2.05) is 22.4 Å². The van der Waals surface area contributed by atoms with E-state index in [4.69, 9.17) is 5.73 Å². The van der Waals surface area contributed by atoms with Gasteiger partial charge in [-0.3, -0.25) is 14.5 Å². The molecule has 1 aliphatic rings. The summed E-state index contributed by atoms with van der Waals surface area (Å²) in [6.45, 7) is 2.67. The number of hydrogen-bond donors (Lipinski definition) is 3. The summed E-state index contributed by atoms with van der Waals surface area (Å²) in [5.41, 5.74) is 5.33. The summed E-state index contributed by atoms with van der Waals surface area (Å²) >= 11 is 1.60. The van der Waals surface area contributed by atoms with Gasteiger partial charge in [0.05, 0.1) is 13.1 Å². The van der Waals surface area contributed by atoms with Gasteiger partial charge in [-0.05, 0) is 11.4 Å². The van der Waals surface area contributed by atoms with Gasteiger partial charge in [0.1, 0.15) is 6.04 Å². The molecule has 1 atom stereocenters. The van der Waals surface area contributed by atoms with Gasteiger partial charge in [-0.1, -0.05) is 6.07 Å². The number of carbonyl (C=O) groups excluding carboxylic acids is 2. The van der Waals surface area contributed by atoms with Crippen LogP contribution in [0.1, 0.15) is 4.88 Å². The minimum absolute atomic E-state index is 0.0819. The first kappa shape index (κ1) is 14.0. The number of rotatable bonds is 5. The second-order valence-electron chi connectivity index (χ2n) is 4.45. The van der Waals surface area contributed by atoms with Gasteiger partial charge in [-0.25, -0.2) is 0 Å². The van der Waals surface area contributed by atoms with Gasteiger partial charge in [0.2, 0.25) is 11.8 Å². The molecule has 0 bridgehead atoms. The third kappa shape index (κ3) is 4.02. The Bertz CT molecular complexity index is 435. The van der Waals surface area contributed by atoms with Crippen LogP contribution in [0, 0.1) is 0 Å². The van der Waals surface area contributed by atoms with Gasteiger partial charge >= 0.3 is 0 Å². The summed E-state index contributed by atoms with van der Waals surface area (Å²) in [6, 6.07) is 3.52. The van der Waals surface area contributed by atoms with Crippen molar-refractivity contribution in [2.24, 2.45) is 5.73 Å². The van der Waals surface area contributed by atoms with Gasteiger partial charge < -0.3 is 16.4 Å². The highest BCUT2D eigenvalue weighted by Crippen LogP contribution is 2.07. The Morgan fingerprint density at radius 2 is 2.42 bits per heavy atom. The van der Waals surface area contributed by atoms with Gasteiger partial charge in [0.25, 0.3) is 0 Å². The maximum Gasteiger partial charge on any atom is 0.236 e. The van der Waals surface area contributed by atoms with Crippen LogP contribution >= 0.6 is 11.3 Å². The number of thiophene rings is 1. The van der Waals surface area contributed by atoms with E-state index >= 15 is 0 Å². The lowest BCUT2D eigenvalue weighted by molar-refractivity contribution is -0.127. The van der Waals surface area contributed by atoms with E-state index in [1.165, 1.54) is 0 Å². The topological polar surface area (TPSA) is 87.5 Å². The van der Waals surface area contributed by atoms with Crippen molar-refractivity contribution in [1.82, 2.24) is 15.5 Å². The van der Waals surface area contributed by atoms with Crippen molar-refractivity contribution in [2.45, 2.75) is 12.6 Å². The van der Waals surface area contributed by atoms with Crippen LogP contribution in [-0.4, -0.2) is 48.9 Å². The summed E-state index contributed by atoms with van der Waals surface area (Å²) in [5.74, 6) is -0.472. The summed E-state index contributed by atoms with van der Waals surface area (Å²) in [7, 11) is 0. The maximum atomic E-state index is 11.9. The van der Waals surface area contributed by atoms with Crippen molar-refractivity contribution < 1.29 is 9.59 Å². The molecule has 0 saturated carbocycles. The summed E-state index contributed by atoms with van der Waals surface area (Å²) < 4.78 is 0. The minimum atomic E-state index is -0.402. The van der Waals surface area contributed by atoms with Crippen molar-refractivity contribution in [2.75, 3.05) is 26.2 Å². The zero-order valence-electron chi connectivity index (χ0n) is 10.6. The number of nitrogens with two attached hydrogens (primary N) is 1. The molecule has 19 heavy (non-hydrogen) atoms. The first-order valence-corrected chi connectivity index (χ1v) is 7.08. The second-order valence-corrected chi connectivity index (χ2v) is 5.48. The van der Waals surface area contributed by atoms with Crippen molar-refractivity contribution >= 4 is 23.2 Å². The molecule has 0 aromatic carbocycles. The van der Waals surface area contributed by atoms with Crippen LogP contribution in [-0.2, 0) is 16.1 Å². The minimum Gasteiger partial charge on any atom is -0.368 e. The van der Waals surface area contributed by atoms with Crippen molar-refractivity contribution in [3.05, 3.63) is 22.4 Å². The fraction of sp³-hybridized carbons (Fsp3) is 0.500. The molecule has 104 valence electrons. The Kier molecular flexibility index (Phi) is 4.89. The lowest BCUT2D eigenvalue weighted by Crippen LogP contribution is -2.58. The molecule has 2 rings (SSSR count). The van der Waals surface area contributed by atoms with E-state index in [2.05, 4.69) is 10.6 Å². The number of nitrogens with zero attached hydrogens (tertiary/aromatic N) is 1.